The molecule has 0 spiro atoms. The standard InChI is InChI=1S/C17H29NO/c1-5-10-18-17(7-6-11-19-4)13-16-9-8-14(2)15(3)12-16/h8-9,12,17-18H,5-7,10-11,13H2,1-4H3. The molecule has 1 rings (SSSR count). The summed E-state index contributed by atoms with van der Waals surface area (Å²) >= 11 is 0. The lowest BCUT2D eigenvalue weighted by atomic mass is 9.98. The van der Waals surface area contributed by atoms with Gasteiger partial charge >= 0.3 is 0 Å². The average Bonchev–Trinajstić information content (AvgIpc) is 2.40. The molecular formula is C17H29NO. The van der Waals surface area contributed by atoms with Gasteiger partial charge in [-0.15, -0.1) is 0 Å². The smallest absolute Gasteiger partial charge is 0.0462 e. The molecule has 0 heterocycles. The summed E-state index contributed by atoms with van der Waals surface area (Å²) in [6.45, 7) is 8.54. The molecule has 1 unspecified atom stereocenters. The van der Waals surface area contributed by atoms with Gasteiger partial charge in [-0.1, -0.05) is 25.1 Å². The summed E-state index contributed by atoms with van der Waals surface area (Å²) in [5.74, 6) is 0. The van der Waals surface area contributed by atoms with Crippen molar-refractivity contribution in [1.29, 1.82) is 0 Å². The number of aryl methyl sites for hydroxylation is 2. The van der Waals surface area contributed by atoms with Crippen molar-refractivity contribution < 1.29 is 4.74 Å². The fraction of sp³-hybridized carbons (Fsp3) is 0.647. The van der Waals surface area contributed by atoms with Crippen molar-refractivity contribution in [2.45, 2.75) is 52.5 Å². The summed E-state index contributed by atoms with van der Waals surface area (Å²) in [4.78, 5) is 0. The van der Waals surface area contributed by atoms with Crippen molar-refractivity contribution >= 4 is 0 Å². The molecule has 0 aliphatic carbocycles. The first-order chi connectivity index (χ1) is 9.17. The molecule has 1 aromatic carbocycles. The van der Waals surface area contributed by atoms with E-state index in [0.29, 0.717) is 6.04 Å². The summed E-state index contributed by atoms with van der Waals surface area (Å²) in [6, 6.07) is 7.39. The summed E-state index contributed by atoms with van der Waals surface area (Å²) in [5.41, 5.74) is 4.21. The Labute approximate surface area is 118 Å². The molecule has 19 heavy (non-hydrogen) atoms. The second-order valence-electron chi connectivity index (χ2n) is 5.41. The highest BCUT2D eigenvalue weighted by Crippen LogP contribution is 2.13. The van der Waals surface area contributed by atoms with Crippen LogP contribution >= 0.6 is 0 Å². The molecule has 0 aliphatic heterocycles. The maximum atomic E-state index is 5.15. The molecule has 1 atom stereocenters. The number of hydrogen-bond acceptors (Lipinski definition) is 2. The number of ether oxygens (including phenoxy) is 1. The number of rotatable bonds is 9. The molecule has 0 fully saturated rings. The Morgan fingerprint density at radius 2 is 2.00 bits per heavy atom. The third kappa shape index (κ3) is 6.22. The maximum absolute atomic E-state index is 5.15. The molecule has 2 heteroatoms. The first kappa shape index (κ1) is 16.2. The van der Waals surface area contributed by atoms with E-state index in [4.69, 9.17) is 4.74 Å². The van der Waals surface area contributed by atoms with E-state index < -0.39 is 0 Å². The lowest BCUT2D eigenvalue weighted by Gasteiger charge is -2.19. The van der Waals surface area contributed by atoms with Gasteiger partial charge in [-0.3, -0.25) is 0 Å². The van der Waals surface area contributed by atoms with Gasteiger partial charge in [0.05, 0.1) is 0 Å². The highest BCUT2D eigenvalue weighted by atomic mass is 16.5. The van der Waals surface area contributed by atoms with E-state index in [1.54, 1.807) is 7.11 Å². The number of methoxy groups -OCH3 is 1. The zero-order valence-corrected chi connectivity index (χ0v) is 13.0. The number of hydrogen-bond donors (Lipinski definition) is 1. The van der Waals surface area contributed by atoms with Crippen LogP contribution in [-0.2, 0) is 11.2 Å². The molecule has 0 amide bonds. The van der Waals surface area contributed by atoms with Crippen LogP contribution < -0.4 is 5.32 Å². The Hall–Kier alpha value is -0.860. The van der Waals surface area contributed by atoms with Crippen LogP contribution in [-0.4, -0.2) is 26.3 Å². The largest absolute Gasteiger partial charge is 0.385 e. The predicted molar refractivity (Wildman–Crippen MR) is 82.8 cm³/mol. The Balaban J connectivity index is 2.56. The van der Waals surface area contributed by atoms with Crippen molar-refractivity contribution in [1.82, 2.24) is 5.32 Å². The Bertz CT molecular complexity index is 362. The van der Waals surface area contributed by atoms with E-state index in [-0.39, 0.29) is 0 Å². The first-order valence-corrected chi connectivity index (χ1v) is 7.45. The first-order valence-electron chi connectivity index (χ1n) is 7.45. The summed E-state index contributed by atoms with van der Waals surface area (Å²) in [7, 11) is 1.78. The Morgan fingerprint density at radius 1 is 1.21 bits per heavy atom. The minimum atomic E-state index is 0.567. The van der Waals surface area contributed by atoms with E-state index in [1.165, 1.54) is 29.5 Å². The van der Waals surface area contributed by atoms with Crippen molar-refractivity contribution in [2.75, 3.05) is 20.3 Å². The molecule has 0 saturated carbocycles. The molecule has 108 valence electrons. The van der Waals surface area contributed by atoms with E-state index in [2.05, 4.69) is 44.3 Å². The number of benzene rings is 1. The lowest BCUT2D eigenvalue weighted by molar-refractivity contribution is 0.188. The fourth-order valence-corrected chi connectivity index (χ4v) is 2.31. The van der Waals surface area contributed by atoms with Gasteiger partial charge in [0, 0.05) is 19.8 Å². The van der Waals surface area contributed by atoms with E-state index in [1.807, 2.05) is 0 Å². The van der Waals surface area contributed by atoms with Crippen LogP contribution in [0.4, 0.5) is 0 Å². The van der Waals surface area contributed by atoms with E-state index >= 15 is 0 Å². The number of nitrogens with one attached hydrogen (secondary N) is 1. The van der Waals surface area contributed by atoms with Gasteiger partial charge in [0.1, 0.15) is 0 Å². The van der Waals surface area contributed by atoms with Crippen LogP contribution in [0.5, 0.6) is 0 Å². The van der Waals surface area contributed by atoms with Crippen molar-refractivity contribution in [3.8, 4) is 0 Å². The van der Waals surface area contributed by atoms with Gasteiger partial charge in [-0.05, 0) is 62.8 Å². The molecule has 0 aliphatic rings. The second-order valence-corrected chi connectivity index (χ2v) is 5.41. The minimum Gasteiger partial charge on any atom is -0.385 e. The van der Waals surface area contributed by atoms with Gasteiger partial charge in [0.25, 0.3) is 0 Å². The van der Waals surface area contributed by atoms with Gasteiger partial charge in [-0.25, -0.2) is 0 Å². The summed E-state index contributed by atoms with van der Waals surface area (Å²) < 4.78 is 5.15. The molecular weight excluding hydrogens is 234 g/mol. The van der Waals surface area contributed by atoms with Gasteiger partial charge in [0.2, 0.25) is 0 Å². The van der Waals surface area contributed by atoms with Crippen LogP contribution in [0.2, 0.25) is 0 Å². The molecule has 0 bridgehead atoms. The quantitative estimate of drug-likeness (QED) is 0.687. The topological polar surface area (TPSA) is 21.3 Å². The van der Waals surface area contributed by atoms with Gasteiger partial charge < -0.3 is 10.1 Å². The van der Waals surface area contributed by atoms with Gasteiger partial charge in [-0.2, -0.15) is 0 Å². The minimum absolute atomic E-state index is 0.567. The van der Waals surface area contributed by atoms with Crippen LogP contribution in [0.1, 0.15) is 42.9 Å². The zero-order chi connectivity index (χ0) is 14.1. The fourth-order valence-electron chi connectivity index (χ4n) is 2.31. The predicted octanol–water partition coefficient (Wildman–Crippen LogP) is 3.64. The monoisotopic (exact) mass is 263 g/mol. The average molecular weight is 263 g/mol. The maximum Gasteiger partial charge on any atom is 0.0462 e. The molecule has 1 aromatic rings. The molecule has 2 nitrogen and oxygen atoms in total. The third-order valence-corrected chi connectivity index (χ3v) is 3.64. The van der Waals surface area contributed by atoms with E-state index in [9.17, 15) is 0 Å². The normalized spacial score (nSPS) is 12.6. The molecule has 0 radical (unpaired) electrons. The lowest BCUT2D eigenvalue weighted by Crippen LogP contribution is -2.32. The highest BCUT2D eigenvalue weighted by molar-refractivity contribution is 5.30. The second kappa shape index (κ2) is 9.11. The summed E-state index contributed by atoms with van der Waals surface area (Å²) in [5, 5.41) is 3.66. The van der Waals surface area contributed by atoms with Gasteiger partial charge in [0.15, 0.2) is 0 Å². The van der Waals surface area contributed by atoms with Crippen LogP contribution in [0.25, 0.3) is 0 Å². The zero-order valence-electron chi connectivity index (χ0n) is 13.0. The molecule has 1 N–H and O–H groups in total. The van der Waals surface area contributed by atoms with Crippen LogP contribution in [0.15, 0.2) is 18.2 Å². The van der Waals surface area contributed by atoms with Crippen molar-refractivity contribution in [2.24, 2.45) is 0 Å². The van der Waals surface area contributed by atoms with E-state index in [0.717, 1.165) is 26.0 Å². The Kier molecular flexibility index (Phi) is 7.76. The van der Waals surface area contributed by atoms with Crippen LogP contribution in [0, 0.1) is 13.8 Å². The van der Waals surface area contributed by atoms with Crippen molar-refractivity contribution in [3.05, 3.63) is 34.9 Å². The third-order valence-electron chi connectivity index (χ3n) is 3.64. The molecule has 0 aromatic heterocycles. The highest BCUT2D eigenvalue weighted by Gasteiger charge is 2.09. The summed E-state index contributed by atoms with van der Waals surface area (Å²) in [6.07, 6.45) is 4.61. The molecule has 0 saturated heterocycles. The van der Waals surface area contributed by atoms with Crippen molar-refractivity contribution in [3.63, 3.8) is 0 Å². The van der Waals surface area contributed by atoms with Crippen LogP contribution in [0.3, 0.4) is 0 Å². The SMILES string of the molecule is CCCNC(CCCOC)Cc1ccc(C)c(C)c1. The Morgan fingerprint density at radius 3 is 2.63 bits per heavy atom.